The Morgan fingerprint density at radius 1 is 1.31 bits per heavy atom. The number of carbonyl (C=O) groups excluding carboxylic acids is 1. The smallest absolute Gasteiger partial charge is 0.246 e. The third kappa shape index (κ3) is 4.27. The first-order valence-corrected chi connectivity index (χ1v) is 8.80. The Bertz CT molecular complexity index is 762. The molecule has 1 amide bonds. The van der Waals surface area contributed by atoms with Crippen LogP contribution in [-0.2, 0) is 9.53 Å². The minimum absolute atomic E-state index is 0. The Morgan fingerprint density at radius 3 is 2.69 bits per heavy atom. The van der Waals surface area contributed by atoms with Crippen LogP contribution in [0.3, 0.4) is 0 Å². The number of rotatable bonds is 5. The van der Waals surface area contributed by atoms with Gasteiger partial charge in [0.05, 0.1) is 19.9 Å². The number of carbonyl (C=O) groups is 1. The lowest BCUT2D eigenvalue weighted by atomic mass is 9.90. The number of ether oxygens (including phenoxy) is 3. The summed E-state index contributed by atoms with van der Waals surface area (Å²) in [5.41, 5.74) is 6.80. The maximum atomic E-state index is 12.5. The molecule has 142 valence electrons. The van der Waals surface area contributed by atoms with E-state index in [2.05, 4.69) is 10.3 Å². The topological polar surface area (TPSA) is 95.7 Å². The van der Waals surface area contributed by atoms with Crippen molar-refractivity contribution in [3.63, 3.8) is 0 Å². The second kappa shape index (κ2) is 8.68. The van der Waals surface area contributed by atoms with Crippen LogP contribution in [0.5, 0.6) is 11.5 Å². The van der Waals surface area contributed by atoms with Gasteiger partial charge < -0.3 is 25.3 Å². The second-order valence-electron chi connectivity index (χ2n) is 5.83. The highest BCUT2D eigenvalue weighted by Crippen LogP contribution is 2.35. The van der Waals surface area contributed by atoms with Gasteiger partial charge in [-0.25, -0.2) is 4.98 Å². The second-order valence-corrected chi connectivity index (χ2v) is 6.68. The summed E-state index contributed by atoms with van der Waals surface area (Å²) in [5.74, 6) is 1.16. The summed E-state index contributed by atoms with van der Waals surface area (Å²) in [7, 11) is 3.20. The van der Waals surface area contributed by atoms with E-state index in [4.69, 9.17) is 19.9 Å². The third-order valence-corrected chi connectivity index (χ3v) is 5.00. The van der Waals surface area contributed by atoms with Crippen molar-refractivity contribution in [2.24, 2.45) is 5.73 Å². The fourth-order valence-corrected chi connectivity index (χ4v) is 3.36. The summed E-state index contributed by atoms with van der Waals surface area (Å²) < 4.78 is 15.9. The van der Waals surface area contributed by atoms with Crippen LogP contribution < -0.4 is 20.5 Å². The Labute approximate surface area is 162 Å². The van der Waals surface area contributed by atoms with Gasteiger partial charge in [-0.15, -0.1) is 23.7 Å². The van der Waals surface area contributed by atoms with Gasteiger partial charge in [0.25, 0.3) is 0 Å². The van der Waals surface area contributed by atoms with E-state index in [1.54, 1.807) is 14.2 Å². The summed E-state index contributed by atoms with van der Waals surface area (Å²) in [4.78, 5) is 17.0. The molecule has 0 bridgehead atoms. The van der Waals surface area contributed by atoms with Gasteiger partial charge >= 0.3 is 0 Å². The van der Waals surface area contributed by atoms with Gasteiger partial charge in [0.15, 0.2) is 5.13 Å². The van der Waals surface area contributed by atoms with Crippen LogP contribution in [0.15, 0.2) is 23.6 Å². The molecule has 3 N–H and O–H groups in total. The lowest BCUT2D eigenvalue weighted by Crippen LogP contribution is -2.54. The van der Waals surface area contributed by atoms with Gasteiger partial charge in [-0.05, 0) is 31.0 Å². The quantitative estimate of drug-likeness (QED) is 0.802. The number of nitrogens with two attached hydrogens (primary N) is 1. The number of hydrogen-bond acceptors (Lipinski definition) is 7. The van der Waals surface area contributed by atoms with Gasteiger partial charge in [-0.2, -0.15) is 0 Å². The number of benzene rings is 1. The molecule has 26 heavy (non-hydrogen) atoms. The molecule has 3 rings (SSSR count). The molecule has 9 heteroatoms. The molecular formula is C17H22ClN3O4S. The van der Waals surface area contributed by atoms with Crippen molar-refractivity contribution in [3.8, 4) is 22.8 Å². The number of amides is 1. The summed E-state index contributed by atoms with van der Waals surface area (Å²) in [6.07, 6.45) is 1.00. The van der Waals surface area contributed by atoms with Crippen molar-refractivity contribution in [2.45, 2.75) is 18.4 Å². The first kappa shape index (κ1) is 20.4. The average molecular weight is 400 g/mol. The van der Waals surface area contributed by atoms with Crippen LogP contribution in [0.25, 0.3) is 11.3 Å². The highest BCUT2D eigenvalue weighted by Gasteiger charge is 2.36. The van der Waals surface area contributed by atoms with Gasteiger partial charge in [0.2, 0.25) is 5.91 Å². The lowest BCUT2D eigenvalue weighted by molar-refractivity contribution is -0.124. The molecule has 1 aliphatic rings. The van der Waals surface area contributed by atoms with Crippen LogP contribution in [0, 0.1) is 0 Å². The number of hydrogen-bond donors (Lipinski definition) is 2. The molecule has 1 fully saturated rings. The van der Waals surface area contributed by atoms with Crippen molar-refractivity contribution in [2.75, 3.05) is 32.8 Å². The predicted molar refractivity (Wildman–Crippen MR) is 104 cm³/mol. The number of methoxy groups -OCH3 is 2. The zero-order valence-corrected chi connectivity index (χ0v) is 16.2. The van der Waals surface area contributed by atoms with Crippen molar-refractivity contribution in [3.05, 3.63) is 23.6 Å². The molecule has 0 aliphatic carbocycles. The van der Waals surface area contributed by atoms with E-state index in [1.165, 1.54) is 11.3 Å². The molecule has 7 nitrogen and oxygen atoms in total. The number of nitrogens with zero attached hydrogens (tertiary/aromatic N) is 1. The van der Waals surface area contributed by atoms with E-state index in [1.807, 2.05) is 23.6 Å². The molecule has 1 saturated heterocycles. The van der Waals surface area contributed by atoms with E-state index in [-0.39, 0.29) is 18.3 Å². The Kier molecular flexibility index (Phi) is 6.82. The van der Waals surface area contributed by atoms with Crippen LogP contribution in [-0.4, -0.2) is 43.9 Å². The minimum atomic E-state index is -0.905. The zero-order chi connectivity index (χ0) is 17.9. The van der Waals surface area contributed by atoms with Crippen LogP contribution in [0.2, 0.25) is 0 Å². The first-order chi connectivity index (χ1) is 12.1. The summed E-state index contributed by atoms with van der Waals surface area (Å²) in [5, 5.41) is 5.19. The van der Waals surface area contributed by atoms with E-state index in [0.29, 0.717) is 48.4 Å². The largest absolute Gasteiger partial charge is 0.497 e. The van der Waals surface area contributed by atoms with E-state index in [9.17, 15) is 4.79 Å². The van der Waals surface area contributed by atoms with E-state index in [0.717, 1.165) is 5.56 Å². The Hall–Kier alpha value is -1.87. The Morgan fingerprint density at radius 2 is 2.04 bits per heavy atom. The molecule has 0 radical (unpaired) electrons. The number of halogens is 1. The molecular weight excluding hydrogens is 378 g/mol. The van der Waals surface area contributed by atoms with Crippen molar-refractivity contribution in [1.29, 1.82) is 0 Å². The molecule has 1 aromatic heterocycles. The molecule has 0 unspecified atom stereocenters. The third-order valence-electron chi connectivity index (χ3n) is 4.24. The maximum Gasteiger partial charge on any atom is 0.246 e. The molecule has 2 aromatic rings. The fraction of sp³-hybridized carbons (Fsp3) is 0.412. The van der Waals surface area contributed by atoms with Gasteiger partial charge in [-0.3, -0.25) is 4.79 Å². The summed E-state index contributed by atoms with van der Waals surface area (Å²) >= 11 is 1.34. The standard InChI is InChI=1S/C17H21N3O4S.ClH/c1-22-11-3-4-14(23-2)12(9-11)13-10-25-16(19-13)20-15(21)17(18)5-7-24-8-6-17;/h3-4,9-10H,5-8,18H2,1-2H3,(H,19,20,21);1H. The van der Waals surface area contributed by atoms with E-state index >= 15 is 0 Å². The Balaban J connectivity index is 0.00000243. The molecule has 1 aromatic carbocycles. The van der Waals surface area contributed by atoms with Crippen molar-refractivity contribution in [1.82, 2.24) is 4.98 Å². The number of anilines is 1. The average Bonchev–Trinajstić information content (AvgIpc) is 3.10. The predicted octanol–water partition coefficient (Wildman–Crippen LogP) is 2.70. The number of thiazole rings is 1. The zero-order valence-electron chi connectivity index (χ0n) is 14.6. The molecule has 0 saturated carbocycles. The van der Waals surface area contributed by atoms with Crippen LogP contribution >= 0.6 is 23.7 Å². The van der Waals surface area contributed by atoms with Crippen molar-refractivity contribution >= 4 is 34.8 Å². The maximum absolute atomic E-state index is 12.5. The number of aromatic nitrogens is 1. The minimum Gasteiger partial charge on any atom is -0.497 e. The molecule has 0 spiro atoms. The van der Waals surface area contributed by atoms with Gasteiger partial charge in [-0.1, -0.05) is 0 Å². The number of nitrogens with one attached hydrogen (secondary N) is 1. The molecule has 0 atom stereocenters. The van der Waals surface area contributed by atoms with Gasteiger partial charge in [0.1, 0.15) is 17.0 Å². The molecule has 1 aliphatic heterocycles. The summed E-state index contributed by atoms with van der Waals surface area (Å²) in [6.45, 7) is 0.988. The summed E-state index contributed by atoms with van der Waals surface area (Å²) in [6, 6.07) is 5.49. The van der Waals surface area contributed by atoms with Crippen molar-refractivity contribution < 1.29 is 19.0 Å². The normalized spacial score (nSPS) is 15.7. The van der Waals surface area contributed by atoms with Crippen LogP contribution in [0.1, 0.15) is 12.8 Å². The highest BCUT2D eigenvalue weighted by atomic mass is 35.5. The fourth-order valence-electron chi connectivity index (χ4n) is 2.65. The van der Waals surface area contributed by atoms with Crippen LogP contribution in [0.4, 0.5) is 5.13 Å². The van der Waals surface area contributed by atoms with Gasteiger partial charge in [0, 0.05) is 24.2 Å². The molecule has 2 heterocycles. The SMILES string of the molecule is COc1ccc(OC)c(-c2csc(NC(=O)C3(N)CCOCC3)n2)c1.Cl. The van der Waals surface area contributed by atoms with E-state index < -0.39 is 5.54 Å². The highest BCUT2D eigenvalue weighted by molar-refractivity contribution is 7.14. The lowest BCUT2D eigenvalue weighted by Gasteiger charge is -2.31. The first-order valence-electron chi connectivity index (χ1n) is 7.92. The monoisotopic (exact) mass is 399 g/mol.